The fraction of sp³-hybridized carbons (Fsp3) is 0.278. The van der Waals surface area contributed by atoms with Gasteiger partial charge in [-0.3, -0.25) is 5.10 Å². The molecular formula is C36H31BBr2F6N6O6. The number of H-pyrrole nitrogens is 1. The molecule has 0 atom stereocenters. The van der Waals surface area contributed by atoms with Crippen molar-refractivity contribution in [2.24, 2.45) is 0 Å². The Balaban J connectivity index is 0.000000170. The quantitative estimate of drug-likeness (QED) is 0.104. The maximum atomic E-state index is 13.0. The maximum absolute atomic E-state index is 13.0. The molecule has 1 fully saturated rings. The normalized spacial score (nSPS) is 14.7. The number of alkyl halides is 6. The number of nitrogens with zero attached hydrogens (tertiary/aromatic N) is 5. The number of benzene rings is 2. The van der Waals surface area contributed by atoms with Crippen molar-refractivity contribution in [3.63, 3.8) is 0 Å². The summed E-state index contributed by atoms with van der Waals surface area (Å²) in [6.45, 7) is 7.43. The average molecular weight is 928 g/mol. The average Bonchev–Trinajstić information content (AvgIpc) is 3.81. The Bertz CT molecular complexity index is 2420. The summed E-state index contributed by atoms with van der Waals surface area (Å²) in [6, 6.07) is 13.7. The van der Waals surface area contributed by atoms with E-state index in [2.05, 4.69) is 66.6 Å². The number of ether oxygens (including phenoxy) is 2. The highest BCUT2D eigenvalue weighted by atomic mass is 79.9. The number of rotatable bonds is 4. The van der Waals surface area contributed by atoms with Crippen LogP contribution in [0, 0.1) is 0 Å². The first-order valence-electron chi connectivity index (χ1n) is 16.5. The van der Waals surface area contributed by atoms with Crippen LogP contribution < -0.4 is 5.46 Å². The lowest BCUT2D eigenvalue weighted by molar-refractivity contribution is -0.138. The molecule has 1 aliphatic rings. The minimum absolute atomic E-state index is 0.0193. The molecule has 5 heterocycles. The highest BCUT2D eigenvalue weighted by Gasteiger charge is 2.52. The summed E-state index contributed by atoms with van der Waals surface area (Å²) >= 11 is 6.16. The van der Waals surface area contributed by atoms with E-state index in [0.717, 1.165) is 24.3 Å². The van der Waals surface area contributed by atoms with E-state index < -0.39 is 53.7 Å². The van der Waals surface area contributed by atoms with Crippen LogP contribution in [-0.2, 0) is 31.1 Å². The van der Waals surface area contributed by atoms with Crippen LogP contribution in [-0.4, -0.2) is 74.4 Å². The first-order chi connectivity index (χ1) is 26.6. The topological polar surface area (TPSA) is 143 Å². The van der Waals surface area contributed by atoms with Crippen molar-refractivity contribution in [2.45, 2.75) is 51.2 Å². The summed E-state index contributed by atoms with van der Waals surface area (Å²) in [7, 11) is 1.72. The summed E-state index contributed by atoms with van der Waals surface area (Å²) in [5.74, 6) is -1.13. The van der Waals surface area contributed by atoms with E-state index >= 15 is 0 Å². The summed E-state index contributed by atoms with van der Waals surface area (Å²) in [4.78, 5) is 31.1. The molecule has 4 aromatic heterocycles. The zero-order valence-electron chi connectivity index (χ0n) is 30.7. The van der Waals surface area contributed by atoms with Gasteiger partial charge in [0.05, 0.1) is 53.0 Å². The van der Waals surface area contributed by atoms with Crippen LogP contribution in [0.25, 0.3) is 27.8 Å². The van der Waals surface area contributed by atoms with Crippen LogP contribution in [0.5, 0.6) is 0 Å². The van der Waals surface area contributed by atoms with Gasteiger partial charge in [-0.2, -0.15) is 36.5 Å². The molecule has 0 aliphatic carbocycles. The fourth-order valence-corrected chi connectivity index (χ4v) is 6.23. The van der Waals surface area contributed by atoms with Gasteiger partial charge < -0.3 is 18.8 Å². The van der Waals surface area contributed by atoms with Gasteiger partial charge in [0.2, 0.25) is 0 Å². The van der Waals surface area contributed by atoms with E-state index in [0.29, 0.717) is 32.0 Å². The molecule has 7 rings (SSSR count). The number of aromatic amines is 1. The summed E-state index contributed by atoms with van der Waals surface area (Å²) < 4.78 is 100. The predicted molar refractivity (Wildman–Crippen MR) is 203 cm³/mol. The SMILES string of the molecule is CC1(C)OB(c2cc(Br)cc(C(F)(F)F)c2)OC1(C)C.COC(=O)c1[nH]nc2ncccc12.COC(=O)c1nn(-c2cc(Br)cc(C(F)(F)F)c2)c2ncccc12. The van der Waals surface area contributed by atoms with Gasteiger partial charge >= 0.3 is 31.4 Å². The monoisotopic (exact) mass is 926 g/mol. The minimum Gasteiger partial charge on any atom is -0.464 e. The smallest absolute Gasteiger partial charge is 0.464 e. The van der Waals surface area contributed by atoms with Crippen molar-refractivity contribution in [1.82, 2.24) is 29.9 Å². The number of esters is 2. The Kier molecular flexibility index (Phi) is 12.6. The summed E-state index contributed by atoms with van der Waals surface area (Å²) in [5.41, 5.74) is -1.17. The van der Waals surface area contributed by atoms with Gasteiger partial charge in [-0.05, 0) is 87.8 Å². The molecule has 1 aliphatic heterocycles. The lowest BCUT2D eigenvalue weighted by atomic mass is 9.78. The van der Waals surface area contributed by atoms with Crippen molar-refractivity contribution in [3.05, 3.63) is 105 Å². The second kappa shape index (κ2) is 16.6. The van der Waals surface area contributed by atoms with Crippen molar-refractivity contribution in [1.29, 1.82) is 0 Å². The van der Waals surface area contributed by atoms with Gasteiger partial charge in [0.25, 0.3) is 0 Å². The molecular weight excluding hydrogens is 897 g/mol. The van der Waals surface area contributed by atoms with Crippen molar-refractivity contribution < 1.29 is 54.7 Å². The molecule has 6 aromatic rings. The number of methoxy groups -OCH3 is 2. The van der Waals surface area contributed by atoms with Crippen LogP contribution >= 0.6 is 31.9 Å². The molecule has 21 heteroatoms. The third kappa shape index (κ3) is 9.65. The van der Waals surface area contributed by atoms with E-state index in [-0.39, 0.29) is 21.5 Å². The molecule has 0 bridgehead atoms. The van der Waals surface area contributed by atoms with E-state index in [1.807, 2.05) is 27.7 Å². The van der Waals surface area contributed by atoms with Gasteiger partial charge in [0, 0.05) is 21.3 Å². The number of hydrogen-bond donors (Lipinski definition) is 1. The zero-order valence-corrected chi connectivity index (χ0v) is 33.9. The maximum Gasteiger partial charge on any atom is 0.494 e. The molecule has 2 aromatic carbocycles. The van der Waals surface area contributed by atoms with Crippen LogP contribution in [0.1, 0.15) is 59.8 Å². The van der Waals surface area contributed by atoms with E-state index in [4.69, 9.17) is 9.31 Å². The molecule has 0 amide bonds. The lowest BCUT2D eigenvalue weighted by Crippen LogP contribution is -2.41. The molecule has 0 spiro atoms. The number of aromatic nitrogens is 6. The predicted octanol–water partition coefficient (Wildman–Crippen LogP) is 8.50. The minimum atomic E-state index is -4.51. The first-order valence-corrected chi connectivity index (χ1v) is 18.1. The summed E-state index contributed by atoms with van der Waals surface area (Å²) in [6.07, 6.45) is -5.84. The molecule has 0 unspecified atom stereocenters. The molecule has 300 valence electrons. The number of pyridine rings is 2. The number of hydrogen-bond acceptors (Lipinski definition) is 10. The Morgan fingerprint density at radius 2 is 1.32 bits per heavy atom. The number of fused-ring (bicyclic) bond motifs is 2. The third-order valence-corrected chi connectivity index (χ3v) is 9.68. The molecule has 1 saturated heterocycles. The Labute approximate surface area is 337 Å². The van der Waals surface area contributed by atoms with Crippen LogP contribution in [0.2, 0.25) is 0 Å². The Morgan fingerprint density at radius 3 is 1.89 bits per heavy atom. The second-order valence-electron chi connectivity index (χ2n) is 13.1. The van der Waals surface area contributed by atoms with Gasteiger partial charge in [0.15, 0.2) is 22.7 Å². The van der Waals surface area contributed by atoms with E-state index in [1.165, 1.54) is 31.2 Å². The van der Waals surface area contributed by atoms with Gasteiger partial charge in [-0.15, -0.1) is 0 Å². The number of halogens is 8. The number of nitrogens with one attached hydrogen (secondary N) is 1. The lowest BCUT2D eigenvalue weighted by Gasteiger charge is -2.32. The fourth-order valence-electron chi connectivity index (χ4n) is 5.24. The highest BCUT2D eigenvalue weighted by Crippen LogP contribution is 2.38. The Morgan fingerprint density at radius 1 is 0.772 bits per heavy atom. The third-order valence-electron chi connectivity index (χ3n) is 8.77. The van der Waals surface area contributed by atoms with Gasteiger partial charge in [-0.1, -0.05) is 37.9 Å². The number of carbonyl (C=O) groups excluding carboxylic acids is 2. The first kappa shape index (κ1) is 43.3. The van der Waals surface area contributed by atoms with E-state index in [1.54, 1.807) is 36.5 Å². The van der Waals surface area contributed by atoms with Gasteiger partial charge in [0.1, 0.15) is 0 Å². The van der Waals surface area contributed by atoms with Gasteiger partial charge in [-0.25, -0.2) is 24.2 Å². The number of carbonyl (C=O) groups is 2. The second-order valence-corrected chi connectivity index (χ2v) is 15.0. The van der Waals surface area contributed by atoms with Crippen molar-refractivity contribution in [2.75, 3.05) is 14.2 Å². The summed E-state index contributed by atoms with van der Waals surface area (Å²) in [5, 5.41) is 11.6. The van der Waals surface area contributed by atoms with Crippen molar-refractivity contribution >= 4 is 78.4 Å². The van der Waals surface area contributed by atoms with E-state index in [9.17, 15) is 35.9 Å². The van der Waals surface area contributed by atoms with Crippen LogP contribution in [0.15, 0.2) is 82.0 Å². The molecule has 1 N–H and O–H groups in total. The zero-order chi connectivity index (χ0) is 42.1. The van der Waals surface area contributed by atoms with Crippen LogP contribution in [0.3, 0.4) is 0 Å². The molecule has 0 saturated carbocycles. The molecule has 12 nitrogen and oxygen atoms in total. The molecule has 57 heavy (non-hydrogen) atoms. The van der Waals surface area contributed by atoms with Crippen LogP contribution in [0.4, 0.5) is 26.3 Å². The standard InChI is InChI=1S/C15H9BrF3N3O2.C13H15BBrF3O2.C8H7N3O2/c1-24-14(23)12-11-3-2-4-20-13(11)22(21-12)10-6-8(15(17,18)19)5-9(16)7-10;1-11(2)12(3,4)20-14(19-11)9-5-8(13(16,17)18)6-10(15)7-9;1-13-8(12)6-5-3-2-4-9-7(5)11-10-6/h2-7H,1H3;5-7H,1-4H3;2-4H,1H3,(H,9,10,11). The van der Waals surface area contributed by atoms with Crippen molar-refractivity contribution in [3.8, 4) is 5.69 Å². The highest BCUT2D eigenvalue weighted by molar-refractivity contribution is 9.10. The largest absolute Gasteiger partial charge is 0.494 e. The Hall–Kier alpha value is -4.86. The molecule has 0 radical (unpaired) electrons.